The maximum atomic E-state index is 13.3. The number of carbonyl (C=O) groups excluding carboxylic acids is 2. The van der Waals surface area contributed by atoms with Crippen molar-refractivity contribution in [3.63, 3.8) is 0 Å². The molecule has 2 atom stereocenters. The van der Waals surface area contributed by atoms with Crippen LogP contribution in [0, 0.1) is 0 Å². The van der Waals surface area contributed by atoms with E-state index in [1.165, 1.54) is 0 Å². The number of amides is 2. The molecule has 204 valence electrons. The van der Waals surface area contributed by atoms with Crippen molar-refractivity contribution in [1.29, 1.82) is 0 Å². The molecule has 8 nitrogen and oxygen atoms in total. The van der Waals surface area contributed by atoms with E-state index in [4.69, 9.17) is 4.74 Å². The van der Waals surface area contributed by atoms with Crippen LogP contribution in [0.15, 0.2) is 66.7 Å². The predicted molar refractivity (Wildman–Crippen MR) is 148 cm³/mol. The van der Waals surface area contributed by atoms with E-state index in [0.717, 1.165) is 35.2 Å². The molecule has 1 aromatic heterocycles. The average molecular weight is 529 g/mol. The van der Waals surface area contributed by atoms with Crippen LogP contribution >= 0.6 is 0 Å². The lowest BCUT2D eigenvalue weighted by Gasteiger charge is -2.45. The molecule has 1 aliphatic carbocycles. The van der Waals surface area contributed by atoms with Crippen LogP contribution in [0.1, 0.15) is 69.3 Å². The Balaban J connectivity index is 1.30. The van der Waals surface area contributed by atoms with Gasteiger partial charge in [0, 0.05) is 32.0 Å². The highest BCUT2D eigenvalue weighted by Crippen LogP contribution is 2.47. The first-order chi connectivity index (χ1) is 18.6. The Morgan fingerprint density at radius 2 is 1.74 bits per heavy atom. The molecule has 0 radical (unpaired) electrons. The number of nitrogens with zero attached hydrogens (tertiary/aromatic N) is 3. The number of aliphatic hydroxyl groups is 1. The maximum Gasteiger partial charge on any atom is 0.411 e. The third-order valence-electron chi connectivity index (χ3n) is 8.01. The Labute approximate surface area is 229 Å². The highest BCUT2D eigenvalue weighted by Gasteiger charge is 2.52. The van der Waals surface area contributed by atoms with Gasteiger partial charge in [-0.3, -0.25) is 4.79 Å². The van der Waals surface area contributed by atoms with Crippen molar-refractivity contribution in [3.05, 3.63) is 83.6 Å². The van der Waals surface area contributed by atoms with Crippen molar-refractivity contribution < 1.29 is 19.4 Å². The lowest BCUT2D eigenvalue weighted by Crippen LogP contribution is -2.51. The fraction of sp³-hybridized carbons (Fsp3) is 0.419. The summed E-state index contributed by atoms with van der Waals surface area (Å²) in [5.41, 5.74) is 1.80. The average Bonchev–Trinajstić information content (AvgIpc) is 3.74. The minimum atomic E-state index is -0.998. The van der Waals surface area contributed by atoms with Gasteiger partial charge < -0.3 is 20.1 Å². The molecule has 0 unspecified atom stereocenters. The molecule has 2 fully saturated rings. The van der Waals surface area contributed by atoms with E-state index in [-0.39, 0.29) is 11.9 Å². The van der Waals surface area contributed by atoms with Crippen LogP contribution in [0.25, 0.3) is 11.3 Å². The Bertz CT molecular complexity index is 1330. The number of hydrogen-bond acceptors (Lipinski definition) is 6. The summed E-state index contributed by atoms with van der Waals surface area (Å²) >= 11 is 0. The van der Waals surface area contributed by atoms with Crippen LogP contribution in [0.4, 0.5) is 4.79 Å². The van der Waals surface area contributed by atoms with Gasteiger partial charge in [0.2, 0.25) is 5.91 Å². The minimum absolute atomic E-state index is 0.0137. The molecule has 2 N–H and O–H groups in total. The summed E-state index contributed by atoms with van der Waals surface area (Å²) in [5, 5.41) is 22.1. The normalized spacial score (nSPS) is 21.2. The molecular formula is C31H36N4O4. The van der Waals surface area contributed by atoms with Gasteiger partial charge in [-0.2, -0.15) is 10.2 Å². The molecule has 1 aliphatic heterocycles. The van der Waals surface area contributed by atoms with E-state index in [1.807, 2.05) is 73.7 Å². The molecule has 2 heterocycles. The van der Waals surface area contributed by atoms with Crippen LogP contribution in [0.2, 0.25) is 0 Å². The fourth-order valence-corrected chi connectivity index (χ4v) is 5.71. The van der Waals surface area contributed by atoms with Crippen molar-refractivity contribution in [2.45, 2.75) is 69.1 Å². The van der Waals surface area contributed by atoms with E-state index in [0.29, 0.717) is 25.1 Å². The van der Waals surface area contributed by atoms with Gasteiger partial charge in [-0.05, 0) is 56.9 Å². The van der Waals surface area contributed by atoms with Gasteiger partial charge >= 0.3 is 6.09 Å². The Hall–Kier alpha value is -3.78. The van der Waals surface area contributed by atoms with Gasteiger partial charge in [-0.15, -0.1) is 0 Å². The summed E-state index contributed by atoms with van der Waals surface area (Å²) < 4.78 is 6.13. The molecule has 0 spiro atoms. The lowest BCUT2D eigenvalue weighted by atomic mass is 9.80. The standard InChI is InChI=1S/C31H36N4O4/c1-21(35-19-18-31(39-28(35)37,20-29(2,3)38)24-8-6-5-7-9-24)22-10-12-23(13-11-22)25-14-15-26(34-33-25)30(16-17-30)27(36)32-4/h5-15,21,38H,16-20H2,1-4H3,(H,32,36)/t21-,31-/m0/s1. The highest BCUT2D eigenvalue weighted by atomic mass is 16.6. The van der Waals surface area contributed by atoms with Gasteiger partial charge in [-0.1, -0.05) is 54.6 Å². The molecule has 5 rings (SSSR count). The van der Waals surface area contributed by atoms with Gasteiger partial charge in [0.15, 0.2) is 0 Å². The summed E-state index contributed by atoms with van der Waals surface area (Å²) in [6.07, 6.45) is 2.08. The van der Waals surface area contributed by atoms with Crippen molar-refractivity contribution in [1.82, 2.24) is 20.4 Å². The van der Waals surface area contributed by atoms with Gasteiger partial charge in [0.05, 0.1) is 28.4 Å². The predicted octanol–water partition coefficient (Wildman–Crippen LogP) is 4.88. The summed E-state index contributed by atoms with van der Waals surface area (Å²) in [6, 6.07) is 21.2. The second-order valence-electron chi connectivity index (χ2n) is 11.4. The molecule has 1 saturated heterocycles. The summed E-state index contributed by atoms with van der Waals surface area (Å²) in [6.45, 7) is 5.98. The molecule has 39 heavy (non-hydrogen) atoms. The molecule has 2 amide bonds. The second-order valence-corrected chi connectivity index (χ2v) is 11.4. The van der Waals surface area contributed by atoms with E-state index in [9.17, 15) is 14.7 Å². The highest BCUT2D eigenvalue weighted by molar-refractivity contribution is 5.90. The van der Waals surface area contributed by atoms with Crippen molar-refractivity contribution >= 4 is 12.0 Å². The monoisotopic (exact) mass is 528 g/mol. The van der Waals surface area contributed by atoms with E-state index in [2.05, 4.69) is 15.5 Å². The molecule has 8 heteroatoms. The lowest BCUT2D eigenvalue weighted by molar-refractivity contribution is -0.123. The number of aromatic nitrogens is 2. The number of rotatable bonds is 8. The Kier molecular flexibility index (Phi) is 6.93. The zero-order valence-corrected chi connectivity index (χ0v) is 23.0. The number of carbonyl (C=O) groups is 2. The van der Waals surface area contributed by atoms with Crippen LogP contribution in [0.5, 0.6) is 0 Å². The fourth-order valence-electron chi connectivity index (χ4n) is 5.71. The van der Waals surface area contributed by atoms with E-state index < -0.39 is 22.7 Å². The topological polar surface area (TPSA) is 105 Å². The Morgan fingerprint density at radius 3 is 2.28 bits per heavy atom. The number of hydrogen-bond donors (Lipinski definition) is 2. The summed E-state index contributed by atoms with van der Waals surface area (Å²) in [5.74, 6) is -0.0137. The van der Waals surface area contributed by atoms with Crippen LogP contribution in [0.3, 0.4) is 0 Å². The zero-order valence-electron chi connectivity index (χ0n) is 23.0. The maximum absolute atomic E-state index is 13.3. The zero-order chi connectivity index (χ0) is 27.8. The van der Waals surface area contributed by atoms with Crippen LogP contribution < -0.4 is 5.32 Å². The molecule has 2 aromatic carbocycles. The first-order valence-corrected chi connectivity index (χ1v) is 13.5. The first-order valence-electron chi connectivity index (χ1n) is 13.5. The van der Waals surface area contributed by atoms with E-state index in [1.54, 1.807) is 25.8 Å². The number of benzene rings is 2. The van der Waals surface area contributed by atoms with Crippen molar-refractivity contribution in [2.24, 2.45) is 0 Å². The minimum Gasteiger partial charge on any atom is -0.438 e. The molecule has 2 aliphatic rings. The SMILES string of the molecule is CNC(=O)C1(c2ccc(-c3ccc([C@H](C)N4CC[C@](CC(C)(C)O)(c5ccccc5)OC4=O)cc3)nn2)CC1. The van der Waals surface area contributed by atoms with Crippen LogP contribution in [-0.4, -0.2) is 51.4 Å². The second kappa shape index (κ2) is 10.1. The molecule has 3 aromatic rings. The van der Waals surface area contributed by atoms with Crippen molar-refractivity contribution in [3.8, 4) is 11.3 Å². The number of nitrogens with one attached hydrogen (secondary N) is 1. The number of likely N-dealkylation sites (N-methyl/N-ethyl adjacent to an activating group) is 1. The van der Waals surface area contributed by atoms with Gasteiger partial charge in [0.25, 0.3) is 0 Å². The summed E-state index contributed by atoms with van der Waals surface area (Å²) in [7, 11) is 1.64. The third-order valence-corrected chi connectivity index (χ3v) is 8.01. The largest absolute Gasteiger partial charge is 0.438 e. The van der Waals surface area contributed by atoms with Gasteiger partial charge in [-0.25, -0.2) is 4.79 Å². The number of ether oxygens (including phenoxy) is 1. The summed E-state index contributed by atoms with van der Waals surface area (Å²) in [4.78, 5) is 27.3. The molecule has 1 saturated carbocycles. The van der Waals surface area contributed by atoms with E-state index >= 15 is 0 Å². The van der Waals surface area contributed by atoms with Gasteiger partial charge in [0.1, 0.15) is 5.60 Å². The quantitative estimate of drug-likeness (QED) is 0.432. The first kappa shape index (κ1) is 26.8. The molecular weight excluding hydrogens is 492 g/mol. The van der Waals surface area contributed by atoms with Crippen molar-refractivity contribution in [2.75, 3.05) is 13.6 Å². The number of cyclic esters (lactones) is 1. The Morgan fingerprint density at radius 1 is 1.05 bits per heavy atom. The smallest absolute Gasteiger partial charge is 0.411 e. The molecule has 0 bridgehead atoms. The third kappa shape index (κ3) is 5.26. The van der Waals surface area contributed by atoms with Crippen LogP contribution in [-0.2, 0) is 20.5 Å².